The molecule has 0 aromatic heterocycles. The second-order valence-electron chi connectivity index (χ2n) is 8.58. The number of methoxy groups -OCH3 is 1. The molecule has 0 aliphatic carbocycles. The molecule has 1 atom stereocenters. The molecule has 0 N–H and O–H groups in total. The van der Waals surface area contributed by atoms with E-state index >= 15 is 0 Å². The number of aryl methyl sites for hydroxylation is 1. The zero-order chi connectivity index (χ0) is 24.1. The Labute approximate surface area is 203 Å². The molecule has 0 spiro atoms. The van der Waals surface area contributed by atoms with E-state index in [1.807, 2.05) is 55.5 Å². The lowest BCUT2D eigenvalue weighted by molar-refractivity contribution is 0.414. The first-order valence-corrected chi connectivity index (χ1v) is 12.1. The van der Waals surface area contributed by atoms with Crippen LogP contribution in [-0.2, 0) is 16.5 Å². The maximum atomic E-state index is 12.4. The van der Waals surface area contributed by atoms with E-state index in [1.165, 1.54) is 11.1 Å². The van der Waals surface area contributed by atoms with Crippen LogP contribution in [0, 0.1) is 6.92 Å². The van der Waals surface area contributed by atoms with Crippen LogP contribution in [0.25, 0.3) is 0 Å². The highest BCUT2D eigenvalue weighted by Crippen LogP contribution is 2.34. The van der Waals surface area contributed by atoms with Gasteiger partial charge in [-0.3, -0.25) is 0 Å². The number of hydrogen-bond acceptors (Lipinski definition) is 4. The molecule has 0 aliphatic heterocycles. The quantitative estimate of drug-likeness (QED) is 0.271. The van der Waals surface area contributed by atoms with Crippen LogP contribution >= 0.6 is 0 Å². The molecule has 5 heteroatoms. The Morgan fingerprint density at radius 2 is 1.06 bits per heavy atom. The summed E-state index contributed by atoms with van der Waals surface area (Å²) in [6, 6.07) is 30.8. The number of ether oxygens (including phenoxy) is 2. The van der Waals surface area contributed by atoms with E-state index in [9.17, 15) is 4.21 Å². The average Bonchev–Trinajstić information content (AvgIpc) is 2.86. The Balaban J connectivity index is 1.40. The molecular formula is C29H28O4S. The van der Waals surface area contributed by atoms with Gasteiger partial charge in [-0.15, -0.1) is 0 Å². The summed E-state index contributed by atoms with van der Waals surface area (Å²) in [6.07, 6.45) is 0. The van der Waals surface area contributed by atoms with Gasteiger partial charge in [0.1, 0.15) is 23.0 Å². The lowest BCUT2D eigenvalue weighted by Gasteiger charge is -2.26. The predicted molar refractivity (Wildman–Crippen MR) is 136 cm³/mol. The first-order chi connectivity index (χ1) is 16.3. The van der Waals surface area contributed by atoms with Gasteiger partial charge in [-0.2, -0.15) is 0 Å². The van der Waals surface area contributed by atoms with Crippen molar-refractivity contribution in [1.82, 2.24) is 0 Å². The summed E-state index contributed by atoms with van der Waals surface area (Å²) >= 11 is -1.56. The van der Waals surface area contributed by atoms with Crippen LogP contribution in [0.5, 0.6) is 23.0 Å². The summed E-state index contributed by atoms with van der Waals surface area (Å²) in [6.45, 7) is 6.38. The van der Waals surface area contributed by atoms with Gasteiger partial charge in [0, 0.05) is 5.41 Å². The molecule has 34 heavy (non-hydrogen) atoms. The van der Waals surface area contributed by atoms with E-state index in [4.69, 9.17) is 13.7 Å². The van der Waals surface area contributed by atoms with Crippen molar-refractivity contribution in [1.29, 1.82) is 0 Å². The van der Waals surface area contributed by atoms with Crippen molar-refractivity contribution in [2.45, 2.75) is 31.1 Å². The molecule has 0 amide bonds. The van der Waals surface area contributed by atoms with Gasteiger partial charge in [0.25, 0.3) is 0 Å². The predicted octanol–water partition coefficient (Wildman–Crippen LogP) is 7.22. The van der Waals surface area contributed by atoms with E-state index < -0.39 is 11.1 Å². The lowest BCUT2D eigenvalue weighted by atomic mass is 9.78. The van der Waals surface area contributed by atoms with E-state index in [0.717, 1.165) is 17.1 Å². The maximum Gasteiger partial charge on any atom is 0.240 e. The molecular weight excluding hydrogens is 444 g/mol. The molecule has 174 valence electrons. The van der Waals surface area contributed by atoms with Crippen molar-refractivity contribution >= 4 is 11.1 Å². The summed E-state index contributed by atoms with van der Waals surface area (Å²) in [5, 5.41) is 0. The van der Waals surface area contributed by atoms with Gasteiger partial charge < -0.3 is 13.7 Å². The van der Waals surface area contributed by atoms with Crippen LogP contribution in [0.4, 0.5) is 0 Å². The van der Waals surface area contributed by atoms with Crippen LogP contribution in [0.15, 0.2) is 102 Å². The van der Waals surface area contributed by atoms with E-state index in [2.05, 4.69) is 38.1 Å². The molecule has 4 aromatic rings. The van der Waals surface area contributed by atoms with Crippen LogP contribution in [0.2, 0.25) is 0 Å². The minimum Gasteiger partial charge on any atom is -0.497 e. The SMILES string of the molecule is COc1ccc(C(C)(C)c2ccc(Oc3ccc(OS(=O)c4ccc(C)cc4)cc3)cc2)cc1. The maximum absolute atomic E-state index is 12.4. The Hall–Kier alpha value is -3.57. The summed E-state index contributed by atoms with van der Waals surface area (Å²) in [5.41, 5.74) is 3.35. The fraction of sp³-hybridized carbons (Fsp3) is 0.172. The molecule has 0 aliphatic rings. The Kier molecular flexibility index (Phi) is 7.03. The topological polar surface area (TPSA) is 44.8 Å². The highest BCUT2D eigenvalue weighted by atomic mass is 32.2. The van der Waals surface area contributed by atoms with Crippen molar-refractivity contribution in [3.05, 3.63) is 114 Å². The third-order valence-electron chi connectivity index (χ3n) is 5.83. The van der Waals surface area contributed by atoms with E-state index in [-0.39, 0.29) is 5.41 Å². The molecule has 4 aromatic carbocycles. The summed E-state index contributed by atoms with van der Waals surface area (Å²) in [4.78, 5) is 0.628. The Morgan fingerprint density at radius 1 is 0.618 bits per heavy atom. The van der Waals surface area contributed by atoms with Gasteiger partial charge in [0.05, 0.1) is 12.0 Å². The average molecular weight is 473 g/mol. The molecule has 4 nitrogen and oxygen atoms in total. The van der Waals surface area contributed by atoms with Crippen LogP contribution < -0.4 is 13.7 Å². The fourth-order valence-corrected chi connectivity index (χ4v) is 4.34. The van der Waals surface area contributed by atoms with Crippen molar-refractivity contribution in [2.24, 2.45) is 0 Å². The molecule has 0 saturated heterocycles. The number of rotatable bonds is 8. The zero-order valence-electron chi connectivity index (χ0n) is 19.8. The summed E-state index contributed by atoms with van der Waals surface area (Å²) in [7, 11) is 1.67. The van der Waals surface area contributed by atoms with Gasteiger partial charge in [0.2, 0.25) is 11.1 Å². The second-order valence-corrected chi connectivity index (χ2v) is 9.69. The molecule has 0 radical (unpaired) electrons. The third-order valence-corrected chi connectivity index (χ3v) is 6.83. The highest BCUT2D eigenvalue weighted by Gasteiger charge is 2.23. The van der Waals surface area contributed by atoms with Gasteiger partial charge >= 0.3 is 0 Å². The first-order valence-electron chi connectivity index (χ1n) is 11.0. The van der Waals surface area contributed by atoms with Crippen LogP contribution in [-0.4, -0.2) is 11.3 Å². The Bertz CT molecular complexity index is 1240. The van der Waals surface area contributed by atoms with Crippen molar-refractivity contribution in [3.63, 3.8) is 0 Å². The monoisotopic (exact) mass is 472 g/mol. The normalized spacial score (nSPS) is 12.1. The molecule has 0 heterocycles. The zero-order valence-corrected chi connectivity index (χ0v) is 20.6. The van der Waals surface area contributed by atoms with E-state index in [0.29, 0.717) is 16.4 Å². The van der Waals surface area contributed by atoms with Crippen molar-refractivity contribution in [2.75, 3.05) is 7.11 Å². The third kappa shape index (κ3) is 5.49. The standard InChI is InChI=1S/C29H28O4S/c1-21-5-19-28(20-6-21)34(30)33-27-17-15-26(16-18-27)32-25-13-9-23(10-14-25)29(2,3)22-7-11-24(31-4)12-8-22/h5-20H,1-4H3. The first kappa shape index (κ1) is 23.6. The van der Waals surface area contributed by atoms with Gasteiger partial charge in [-0.1, -0.05) is 55.8 Å². The minimum atomic E-state index is -1.56. The van der Waals surface area contributed by atoms with Gasteiger partial charge in [-0.25, -0.2) is 4.21 Å². The van der Waals surface area contributed by atoms with E-state index in [1.54, 1.807) is 31.4 Å². The summed E-state index contributed by atoms with van der Waals surface area (Å²) in [5.74, 6) is 2.78. The van der Waals surface area contributed by atoms with Crippen molar-refractivity contribution in [3.8, 4) is 23.0 Å². The fourth-order valence-electron chi connectivity index (χ4n) is 3.60. The smallest absolute Gasteiger partial charge is 0.240 e. The molecule has 0 bridgehead atoms. The van der Waals surface area contributed by atoms with Gasteiger partial charge in [0.15, 0.2) is 0 Å². The second kappa shape index (κ2) is 10.1. The van der Waals surface area contributed by atoms with Gasteiger partial charge in [-0.05, 0) is 78.7 Å². The minimum absolute atomic E-state index is 0.156. The molecule has 0 saturated carbocycles. The van der Waals surface area contributed by atoms with Crippen molar-refractivity contribution < 1.29 is 17.9 Å². The van der Waals surface area contributed by atoms with Crippen LogP contribution in [0.3, 0.4) is 0 Å². The molecule has 0 fully saturated rings. The van der Waals surface area contributed by atoms with Crippen LogP contribution in [0.1, 0.15) is 30.5 Å². The molecule has 4 rings (SSSR count). The molecule has 1 unspecified atom stereocenters. The number of hydrogen-bond donors (Lipinski definition) is 0. The Morgan fingerprint density at radius 3 is 1.56 bits per heavy atom. The number of benzene rings is 4. The summed E-state index contributed by atoms with van der Waals surface area (Å²) < 4.78 is 29.2. The largest absolute Gasteiger partial charge is 0.497 e. The highest BCUT2D eigenvalue weighted by molar-refractivity contribution is 7.80. The lowest BCUT2D eigenvalue weighted by Crippen LogP contribution is -2.18.